The van der Waals surface area contributed by atoms with Crippen LogP contribution >= 0.6 is 11.3 Å². The number of carbonyl (C=O) groups is 1. The molecule has 1 amide bonds. The van der Waals surface area contributed by atoms with Crippen LogP contribution in [0.2, 0.25) is 0 Å². The molecule has 0 atom stereocenters. The maximum absolute atomic E-state index is 12.0. The third-order valence-corrected chi connectivity index (χ3v) is 3.74. The minimum absolute atomic E-state index is 0.0887. The second kappa shape index (κ2) is 5.05. The van der Waals surface area contributed by atoms with Crippen molar-refractivity contribution in [1.29, 1.82) is 0 Å². The molecule has 1 aromatic carbocycles. The van der Waals surface area contributed by atoms with Gasteiger partial charge in [0, 0.05) is 5.56 Å². The number of aromatic nitrogens is 3. The predicted molar refractivity (Wildman–Crippen MR) is 78.0 cm³/mol. The smallest absolute Gasteiger partial charge is 0.251 e. The molecule has 5 nitrogen and oxygen atoms in total. The monoisotopic (exact) mass is 286 g/mol. The van der Waals surface area contributed by atoms with E-state index in [0.29, 0.717) is 12.1 Å². The fraction of sp³-hybridized carbons (Fsp3) is 0.214. The Bertz CT molecular complexity index is 743. The lowest BCUT2D eigenvalue weighted by Crippen LogP contribution is -2.22. The van der Waals surface area contributed by atoms with Gasteiger partial charge in [-0.3, -0.25) is 4.79 Å². The summed E-state index contributed by atoms with van der Waals surface area (Å²) in [5.41, 5.74) is 2.55. The average Bonchev–Trinajstić information content (AvgIpc) is 2.92. The summed E-state index contributed by atoms with van der Waals surface area (Å²) in [5.74, 6) is -0.0887. The number of benzene rings is 1. The Balaban J connectivity index is 1.69. The van der Waals surface area contributed by atoms with E-state index < -0.39 is 0 Å². The van der Waals surface area contributed by atoms with Crippen LogP contribution in [-0.2, 0) is 6.54 Å². The van der Waals surface area contributed by atoms with Gasteiger partial charge < -0.3 is 5.32 Å². The molecular formula is C14H14N4OS. The topological polar surface area (TPSA) is 59.3 Å². The van der Waals surface area contributed by atoms with Gasteiger partial charge in [-0.05, 0) is 26.0 Å². The van der Waals surface area contributed by atoms with E-state index in [1.807, 2.05) is 38.2 Å². The van der Waals surface area contributed by atoms with E-state index in [2.05, 4.69) is 15.4 Å². The summed E-state index contributed by atoms with van der Waals surface area (Å²) in [6, 6.07) is 7.52. The molecule has 1 N–H and O–H groups in total. The van der Waals surface area contributed by atoms with Crippen LogP contribution in [-0.4, -0.2) is 20.5 Å². The van der Waals surface area contributed by atoms with E-state index in [1.165, 1.54) is 11.3 Å². The number of rotatable bonds is 3. The first-order chi connectivity index (χ1) is 9.61. The predicted octanol–water partition coefficient (Wildman–Crippen LogP) is 2.34. The molecule has 0 aliphatic rings. The zero-order valence-electron chi connectivity index (χ0n) is 11.3. The summed E-state index contributed by atoms with van der Waals surface area (Å²) in [7, 11) is 0. The van der Waals surface area contributed by atoms with E-state index in [4.69, 9.17) is 0 Å². The van der Waals surface area contributed by atoms with Gasteiger partial charge in [0.1, 0.15) is 5.01 Å². The van der Waals surface area contributed by atoms with E-state index in [1.54, 1.807) is 10.6 Å². The molecule has 0 bridgehead atoms. The summed E-state index contributed by atoms with van der Waals surface area (Å²) in [6.07, 6.45) is 1.84. The number of fused-ring (bicyclic) bond motifs is 1. The summed E-state index contributed by atoms with van der Waals surface area (Å²) in [5, 5.41) is 8.14. The van der Waals surface area contributed by atoms with Crippen molar-refractivity contribution in [3.05, 3.63) is 52.3 Å². The Hall–Kier alpha value is -2.21. The van der Waals surface area contributed by atoms with E-state index in [9.17, 15) is 4.79 Å². The highest BCUT2D eigenvalue weighted by Gasteiger charge is 2.09. The van der Waals surface area contributed by atoms with E-state index in [-0.39, 0.29) is 5.91 Å². The first kappa shape index (κ1) is 12.8. The molecule has 2 aromatic heterocycles. The molecule has 0 aliphatic heterocycles. The van der Waals surface area contributed by atoms with Crippen molar-refractivity contribution in [1.82, 2.24) is 19.9 Å². The number of amides is 1. The lowest BCUT2D eigenvalue weighted by Gasteiger charge is -2.03. The number of aryl methyl sites for hydroxylation is 2. The maximum atomic E-state index is 12.0. The van der Waals surface area contributed by atoms with Gasteiger partial charge in [-0.15, -0.1) is 0 Å². The number of hydrogen-bond acceptors (Lipinski definition) is 4. The van der Waals surface area contributed by atoms with Crippen molar-refractivity contribution in [2.75, 3.05) is 0 Å². The zero-order valence-corrected chi connectivity index (χ0v) is 12.1. The quantitative estimate of drug-likeness (QED) is 0.804. The second-order valence-electron chi connectivity index (χ2n) is 4.63. The maximum Gasteiger partial charge on any atom is 0.251 e. The van der Waals surface area contributed by atoms with Crippen molar-refractivity contribution in [3.8, 4) is 0 Å². The molecule has 0 fully saturated rings. The van der Waals surface area contributed by atoms with Crippen LogP contribution < -0.4 is 5.32 Å². The van der Waals surface area contributed by atoms with Gasteiger partial charge in [0.25, 0.3) is 5.91 Å². The molecule has 0 saturated heterocycles. The third-order valence-electron chi connectivity index (χ3n) is 2.90. The van der Waals surface area contributed by atoms with Gasteiger partial charge in [-0.25, -0.2) is 9.50 Å². The SMILES string of the molecule is Cc1cccc(C(=O)NCc2cn3nc(C)sc3n2)c1. The highest BCUT2D eigenvalue weighted by molar-refractivity contribution is 7.16. The molecule has 3 rings (SSSR count). The van der Waals surface area contributed by atoms with Gasteiger partial charge >= 0.3 is 0 Å². The molecule has 2 heterocycles. The van der Waals surface area contributed by atoms with Crippen molar-refractivity contribution in [2.24, 2.45) is 0 Å². The van der Waals surface area contributed by atoms with Crippen LogP contribution in [0, 0.1) is 13.8 Å². The summed E-state index contributed by atoms with van der Waals surface area (Å²) in [6.45, 7) is 4.31. The van der Waals surface area contributed by atoms with E-state index in [0.717, 1.165) is 21.2 Å². The highest BCUT2D eigenvalue weighted by Crippen LogP contribution is 2.13. The molecule has 102 valence electrons. The lowest BCUT2D eigenvalue weighted by molar-refractivity contribution is 0.0950. The second-order valence-corrected chi connectivity index (χ2v) is 5.79. The Kier molecular flexibility index (Phi) is 3.23. The van der Waals surface area contributed by atoms with Crippen LogP contribution in [0.4, 0.5) is 0 Å². The molecule has 0 radical (unpaired) electrons. The van der Waals surface area contributed by atoms with Crippen molar-refractivity contribution >= 4 is 22.2 Å². The number of nitrogens with zero attached hydrogens (tertiary/aromatic N) is 3. The van der Waals surface area contributed by atoms with Gasteiger partial charge in [0.15, 0.2) is 0 Å². The van der Waals surface area contributed by atoms with Crippen LogP contribution in [0.5, 0.6) is 0 Å². The molecule has 0 saturated carbocycles. The lowest BCUT2D eigenvalue weighted by atomic mass is 10.1. The fourth-order valence-electron chi connectivity index (χ4n) is 1.99. The van der Waals surface area contributed by atoms with Crippen LogP contribution in [0.1, 0.15) is 26.6 Å². The Morgan fingerprint density at radius 3 is 3.00 bits per heavy atom. The summed E-state index contributed by atoms with van der Waals surface area (Å²) < 4.78 is 1.74. The van der Waals surface area contributed by atoms with Crippen LogP contribution in [0.3, 0.4) is 0 Å². The molecule has 0 unspecified atom stereocenters. The third kappa shape index (κ3) is 2.55. The first-order valence-electron chi connectivity index (χ1n) is 6.28. The summed E-state index contributed by atoms with van der Waals surface area (Å²) >= 11 is 1.53. The summed E-state index contributed by atoms with van der Waals surface area (Å²) in [4.78, 5) is 17.3. The molecular weight excluding hydrogens is 272 g/mol. The largest absolute Gasteiger partial charge is 0.346 e. The normalized spacial score (nSPS) is 10.9. The first-order valence-corrected chi connectivity index (χ1v) is 7.10. The van der Waals surface area contributed by atoms with Crippen molar-refractivity contribution in [3.63, 3.8) is 0 Å². The van der Waals surface area contributed by atoms with Crippen LogP contribution in [0.15, 0.2) is 30.5 Å². The zero-order chi connectivity index (χ0) is 14.1. The molecule has 0 aliphatic carbocycles. The van der Waals surface area contributed by atoms with Gasteiger partial charge in [0.2, 0.25) is 4.96 Å². The Morgan fingerprint density at radius 1 is 1.40 bits per heavy atom. The van der Waals surface area contributed by atoms with E-state index >= 15 is 0 Å². The number of imidazole rings is 1. The standard InChI is InChI=1S/C14H14N4OS/c1-9-4-3-5-11(6-9)13(19)15-7-12-8-18-14(16-12)20-10(2)17-18/h3-6,8H,7H2,1-2H3,(H,15,19). The number of carbonyl (C=O) groups excluding carboxylic acids is 1. The average molecular weight is 286 g/mol. The molecule has 20 heavy (non-hydrogen) atoms. The van der Waals surface area contributed by atoms with Crippen LogP contribution in [0.25, 0.3) is 4.96 Å². The Morgan fingerprint density at radius 2 is 2.25 bits per heavy atom. The minimum atomic E-state index is -0.0887. The fourth-order valence-corrected chi connectivity index (χ4v) is 2.73. The highest BCUT2D eigenvalue weighted by atomic mass is 32.1. The van der Waals surface area contributed by atoms with Gasteiger partial charge in [0.05, 0.1) is 18.4 Å². The molecule has 6 heteroatoms. The van der Waals surface area contributed by atoms with Crippen molar-refractivity contribution in [2.45, 2.75) is 20.4 Å². The minimum Gasteiger partial charge on any atom is -0.346 e. The number of nitrogens with one attached hydrogen (secondary N) is 1. The molecule has 3 aromatic rings. The van der Waals surface area contributed by atoms with Gasteiger partial charge in [-0.2, -0.15) is 5.10 Å². The molecule has 0 spiro atoms. The Labute approximate surface area is 120 Å². The van der Waals surface area contributed by atoms with Crippen molar-refractivity contribution < 1.29 is 4.79 Å². The number of hydrogen-bond donors (Lipinski definition) is 1. The van der Waals surface area contributed by atoms with Gasteiger partial charge in [-0.1, -0.05) is 29.0 Å².